The normalized spacial score (nSPS) is 16.6. The zero-order chi connectivity index (χ0) is 25.1. The summed E-state index contributed by atoms with van der Waals surface area (Å²) in [7, 11) is -4.04. The fourth-order valence-electron chi connectivity index (χ4n) is 4.47. The van der Waals surface area contributed by atoms with Gasteiger partial charge in [-0.3, -0.25) is 9.10 Å². The number of benzene rings is 3. The van der Waals surface area contributed by atoms with Crippen molar-refractivity contribution >= 4 is 33.2 Å². The van der Waals surface area contributed by atoms with Crippen molar-refractivity contribution in [3.05, 3.63) is 89.4 Å². The van der Waals surface area contributed by atoms with E-state index >= 15 is 0 Å². The molecule has 3 aromatic rings. The number of hydrogen-bond donors (Lipinski definition) is 1. The van der Waals surface area contributed by atoms with Crippen molar-refractivity contribution in [3.8, 4) is 5.75 Å². The predicted octanol–water partition coefficient (Wildman–Crippen LogP) is 5.73. The van der Waals surface area contributed by atoms with Gasteiger partial charge in [0.1, 0.15) is 17.9 Å². The van der Waals surface area contributed by atoms with Crippen LogP contribution in [0.4, 0.5) is 5.69 Å². The van der Waals surface area contributed by atoms with Gasteiger partial charge in [0, 0.05) is 12.0 Å². The third kappa shape index (κ3) is 5.16. The van der Waals surface area contributed by atoms with Gasteiger partial charge in [-0.05, 0) is 43.2 Å². The summed E-state index contributed by atoms with van der Waals surface area (Å²) in [6, 6.07) is 22.0. The number of halogens is 1. The standard InChI is InChI=1S/C27H29ClN2O4S/c1-3-27(4-2)18-23(21-14-8-11-17-25(21)34-27)29-26(31)19-30(24-16-10-9-15-22(24)28)35(32,33)20-12-6-5-7-13-20/h5-17,23H,3-4,18-19H2,1-2H3,(H,29,31)/t23-/m1/s1. The summed E-state index contributed by atoms with van der Waals surface area (Å²) in [6.07, 6.45) is 2.18. The SMILES string of the molecule is CCC1(CC)C[C@@H](NC(=O)CN(c2ccccc2Cl)S(=O)(=O)c2ccccc2)c2ccccc2O1. The van der Waals surface area contributed by atoms with Gasteiger partial charge in [-0.25, -0.2) is 8.42 Å². The van der Waals surface area contributed by atoms with Crippen LogP contribution in [-0.4, -0.2) is 26.5 Å². The van der Waals surface area contributed by atoms with Gasteiger partial charge in [-0.2, -0.15) is 0 Å². The molecule has 0 fully saturated rings. The third-order valence-electron chi connectivity index (χ3n) is 6.56. The molecule has 0 bridgehead atoms. The van der Waals surface area contributed by atoms with E-state index in [1.54, 1.807) is 42.5 Å². The van der Waals surface area contributed by atoms with Crippen LogP contribution in [0.2, 0.25) is 5.02 Å². The third-order valence-corrected chi connectivity index (χ3v) is 8.65. The van der Waals surface area contributed by atoms with Crippen molar-refractivity contribution < 1.29 is 17.9 Å². The smallest absolute Gasteiger partial charge is 0.264 e. The summed E-state index contributed by atoms with van der Waals surface area (Å²) in [6.45, 7) is 3.73. The lowest BCUT2D eigenvalue weighted by molar-refractivity contribution is -0.121. The molecular weight excluding hydrogens is 484 g/mol. The Kier molecular flexibility index (Phi) is 7.38. The molecule has 1 N–H and O–H groups in total. The molecule has 6 nitrogen and oxygen atoms in total. The van der Waals surface area contributed by atoms with Gasteiger partial charge in [0.15, 0.2) is 0 Å². The van der Waals surface area contributed by atoms with Gasteiger partial charge in [0.05, 0.1) is 21.6 Å². The minimum Gasteiger partial charge on any atom is -0.487 e. The number of nitrogens with zero attached hydrogens (tertiary/aromatic N) is 1. The molecule has 8 heteroatoms. The summed E-state index contributed by atoms with van der Waals surface area (Å²) >= 11 is 6.38. The van der Waals surface area contributed by atoms with Crippen molar-refractivity contribution in [2.45, 2.75) is 49.6 Å². The second-order valence-corrected chi connectivity index (χ2v) is 10.9. The molecule has 0 unspecified atom stereocenters. The van der Waals surface area contributed by atoms with Gasteiger partial charge in [-0.1, -0.05) is 74.0 Å². The second kappa shape index (κ2) is 10.3. The van der Waals surface area contributed by atoms with Gasteiger partial charge < -0.3 is 10.1 Å². The van der Waals surface area contributed by atoms with Crippen LogP contribution in [0, 0.1) is 0 Å². The average molecular weight is 513 g/mol. The highest BCUT2D eigenvalue weighted by Crippen LogP contribution is 2.42. The highest BCUT2D eigenvalue weighted by atomic mass is 35.5. The maximum absolute atomic E-state index is 13.6. The van der Waals surface area contributed by atoms with Crippen molar-refractivity contribution in [3.63, 3.8) is 0 Å². The number of ether oxygens (including phenoxy) is 1. The summed E-state index contributed by atoms with van der Waals surface area (Å²) in [5.41, 5.74) is 0.732. The quantitative estimate of drug-likeness (QED) is 0.418. The van der Waals surface area contributed by atoms with E-state index in [0.29, 0.717) is 6.42 Å². The Morgan fingerprint density at radius 1 is 1.00 bits per heavy atom. The summed E-state index contributed by atoms with van der Waals surface area (Å²) < 4.78 is 34.5. The number of hydrogen-bond acceptors (Lipinski definition) is 4. The first-order valence-corrected chi connectivity index (χ1v) is 13.5. The van der Waals surface area contributed by atoms with E-state index in [9.17, 15) is 13.2 Å². The van der Waals surface area contributed by atoms with E-state index in [1.807, 2.05) is 24.3 Å². The van der Waals surface area contributed by atoms with E-state index in [-0.39, 0.29) is 21.6 Å². The summed E-state index contributed by atoms with van der Waals surface area (Å²) in [4.78, 5) is 13.5. The van der Waals surface area contributed by atoms with E-state index in [1.165, 1.54) is 12.1 Å². The average Bonchev–Trinajstić information content (AvgIpc) is 2.88. The Balaban J connectivity index is 1.66. The number of carbonyl (C=O) groups is 1. The van der Waals surface area contributed by atoms with E-state index < -0.39 is 28.1 Å². The van der Waals surface area contributed by atoms with Crippen LogP contribution in [-0.2, 0) is 14.8 Å². The number of amides is 1. The molecule has 0 radical (unpaired) electrons. The highest BCUT2D eigenvalue weighted by molar-refractivity contribution is 7.92. The minimum atomic E-state index is -4.04. The Morgan fingerprint density at radius 2 is 1.63 bits per heavy atom. The molecule has 0 saturated carbocycles. The molecule has 3 aromatic carbocycles. The molecule has 1 aliphatic heterocycles. The number of fused-ring (bicyclic) bond motifs is 1. The first-order chi connectivity index (χ1) is 16.8. The molecule has 4 rings (SSSR count). The monoisotopic (exact) mass is 512 g/mol. The molecule has 184 valence electrons. The van der Waals surface area contributed by atoms with Gasteiger partial charge in [-0.15, -0.1) is 0 Å². The van der Waals surface area contributed by atoms with Crippen molar-refractivity contribution in [1.82, 2.24) is 5.32 Å². The Hall–Kier alpha value is -3.03. The maximum atomic E-state index is 13.6. The lowest BCUT2D eigenvalue weighted by Crippen LogP contribution is -2.47. The topological polar surface area (TPSA) is 75.7 Å². The molecular formula is C27H29ClN2O4S. The van der Waals surface area contributed by atoms with Crippen LogP contribution in [0.1, 0.15) is 44.7 Å². The van der Waals surface area contributed by atoms with Crippen LogP contribution in [0.5, 0.6) is 5.75 Å². The number of carbonyl (C=O) groups excluding carboxylic acids is 1. The fraction of sp³-hybridized carbons (Fsp3) is 0.296. The highest BCUT2D eigenvalue weighted by Gasteiger charge is 2.39. The van der Waals surface area contributed by atoms with Crippen molar-refractivity contribution in [2.75, 3.05) is 10.8 Å². The number of anilines is 1. The number of nitrogens with one attached hydrogen (secondary N) is 1. The molecule has 0 saturated heterocycles. The van der Waals surface area contributed by atoms with Gasteiger partial charge >= 0.3 is 0 Å². The molecule has 1 amide bonds. The van der Waals surface area contributed by atoms with E-state index in [0.717, 1.165) is 28.5 Å². The van der Waals surface area contributed by atoms with Gasteiger partial charge in [0.25, 0.3) is 10.0 Å². The molecule has 1 atom stereocenters. The Morgan fingerprint density at radius 3 is 2.31 bits per heavy atom. The molecule has 0 aromatic heterocycles. The Labute approximate surface area is 211 Å². The number of rotatable bonds is 8. The lowest BCUT2D eigenvalue weighted by Gasteiger charge is -2.41. The summed E-state index contributed by atoms with van der Waals surface area (Å²) in [5.74, 6) is 0.319. The van der Waals surface area contributed by atoms with Crippen LogP contribution in [0.25, 0.3) is 0 Å². The first kappa shape index (κ1) is 25.1. The van der Waals surface area contributed by atoms with Crippen molar-refractivity contribution in [2.24, 2.45) is 0 Å². The second-order valence-electron chi connectivity index (χ2n) is 8.63. The van der Waals surface area contributed by atoms with Crippen LogP contribution >= 0.6 is 11.6 Å². The molecule has 1 aliphatic rings. The minimum absolute atomic E-state index is 0.0834. The van der Waals surface area contributed by atoms with Gasteiger partial charge in [0.2, 0.25) is 5.91 Å². The number of para-hydroxylation sites is 2. The largest absolute Gasteiger partial charge is 0.487 e. The maximum Gasteiger partial charge on any atom is 0.264 e. The van der Waals surface area contributed by atoms with Crippen molar-refractivity contribution in [1.29, 1.82) is 0 Å². The predicted molar refractivity (Wildman–Crippen MR) is 138 cm³/mol. The zero-order valence-corrected chi connectivity index (χ0v) is 21.4. The van der Waals surface area contributed by atoms with Crippen LogP contribution in [0.3, 0.4) is 0 Å². The molecule has 35 heavy (non-hydrogen) atoms. The Bertz CT molecular complexity index is 1290. The first-order valence-electron chi connectivity index (χ1n) is 11.7. The zero-order valence-electron chi connectivity index (χ0n) is 19.8. The van der Waals surface area contributed by atoms with Crippen LogP contribution in [0.15, 0.2) is 83.8 Å². The lowest BCUT2D eigenvalue weighted by atomic mass is 9.83. The fourth-order valence-corrected chi connectivity index (χ4v) is 6.22. The number of sulfonamides is 1. The summed E-state index contributed by atoms with van der Waals surface area (Å²) in [5, 5.41) is 3.32. The van der Waals surface area contributed by atoms with Crippen LogP contribution < -0.4 is 14.4 Å². The molecule has 0 aliphatic carbocycles. The molecule has 1 heterocycles. The molecule has 0 spiro atoms. The van der Waals surface area contributed by atoms with E-state index in [4.69, 9.17) is 16.3 Å². The van der Waals surface area contributed by atoms with E-state index in [2.05, 4.69) is 19.2 Å².